The molecule has 0 aromatic heterocycles. The quantitative estimate of drug-likeness (QED) is 0.438. The van der Waals surface area contributed by atoms with E-state index in [1.165, 1.54) is 0 Å². The highest BCUT2D eigenvalue weighted by Crippen LogP contribution is 2.40. The van der Waals surface area contributed by atoms with Crippen LogP contribution in [0.3, 0.4) is 0 Å². The van der Waals surface area contributed by atoms with Gasteiger partial charge in [0.1, 0.15) is 0 Å². The molecule has 1 aliphatic carbocycles. The lowest BCUT2D eigenvalue weighted by Gasteiger charge is -2.23. The summed E-state index contributed by atoms with van der Waals surface area (Å²) in [5.74, 6) is -0.436. The Labute approximate surface area is 165 Å². The van der Waals surface area contributed by atoms with Crippen molar-refractivity contribution in [1.29, 1.82) is 0 Å². The predicted molar refractivity (Wildman–Crippen MR) is 111 cm³/mol. The molecule has 3 aromatic rings. The summed E-state index contributed by atoms with van der Waals surface area (Å²) in [6.45, 7) is 4.02. The zero-order valence-electron chi connectivity index (χ0n) is 14.9. The van der Waals surface area contributed by atoms with Crippen LogP contribution >= 0.6 is 15.9 Å². The molecule has 0 saturated carbocycles. The summed E-state index contributed by atoms with van der Waals surface area (Å²) in [7, 11) is 0. The number of benzene rings is 3. The van der Waals surface area contributed by atoms with Crippen molar-refractivity contribution < 1.29 is 9.59 Å². The van der Waals surface area contributed by atoms with Crippen LogP contribution in [-0.2, 0) is 0 Å². The second-order valence-electron chi connectivity index (χ2n) is 6.72. The summed E-state index contributed by atoms with van der Waals surface area (Å²) in [5.41, 5.74) is 11.5. The molecule has 0 unspecified atom stereocenters. The second kappa shape index (κ2) is 6.35. The fourth-order valence-corrected chi connectivity index (χ4v) is 3.91. The van der Waals surface area contributed by atoms with Crippen LogP contribution in [0.25, 0.3) is 0 Å². The number of halogens is 1. The average Bonchev–Trinajstić information content (AvgIpc) is 2.64. The summed E-state index contributed by atoms with van der Waals surface area (Å²) in [6.07, 6.45) is 0. The number of hydrogen-bond acceptors (Lipinski definition) is 4. The minimum absolute atomic E-state index is 0.202. The SMILES string of the molecule is Cc1ccc(Nc2cc(Br)c(N)c3c2C(=O)c2ccccc2C3=O)c(C)c1. The van der Waals surface area contributed by atoms with E-state index in [0.717, 1.165) is 16.8 Å². The van der Waals surface area contributed by atoms with Gasteiger partial charge in [0.2, 0.25) is 0 Å². The third-order valence-electron chi connectivity index (χ3n) is 4.84. The van der Waals surface area contributed by atoms with E-state index in [9.17, 15) is 9.59 Å². The minimum Gasteiger partial charge on any atom is -0.397 e. The molecule has 0 radical (unpaired) electrons. The zero-order valence-corrected chi connectivity index (χ0v) is 16.5. The Kier molecular flexibility index (Phi) is 4.12. The normalized spacial score (nSPS) is 12.6. The van der Waals surface area contributed by atoms with Crippen LogP contribution in [0.2, 0.25) is 0 Å². The molecular formula is C22H17BrN2O2. The van der Waals surface area contributed by atoms with E-state index >= 15 is 0 Å². The van der Waals surface area contributed by atoms with Gasteiger partial charge in [0.05, 0.1) is 22.5 Å². The van der Waals surface area contributed by atoms with Crippen LogP contribution in [0, 0.1) is 13.8 Å². The van der Waals surface area contributed by atoms with Gasteiger partial charge in [0.25, 0.3) is 0 Å². The topological polar surface area (TPSA) is 72.2 Å². The highest BCUT2D eigenvalue weighted by Gasteiger charge is 2.34. The van der Waals surface area contributed by atoms with Gasteiger partial charge in [-0.15, -0.1) is 0 Å². The smallest absolute Gasteiger partial charge is 0.196 e. The highest BCUT2D eigenvalue weighted by molar-refractivity contribution is 9.10. The molecule has 0 fully saturated rings. The number of carbonyl (C=O) groups excluding carboxylic acids is 2. The molecule has 0 amide bonds. The van der Waals surface area contributed by atoms with Crippen LogP contribution in [0.5, 0.6) is 0 Å². The lowest BCUT2D eigenvalue weighted by molar-refractivity contribution is 0.0980. The summed E-state index contributed by atoms with van der Waals surface area (Å²) >= 11 is 3.43. The third kappa shape index (κ3) is 2.75. The Morgan fingerprint density at radius 2 is 1.48 bits per heavy atom. The van der Waals surface area contributed by atoms with E-state index in [1.807, 2.05) is 26.0 Å². The lowest BCUT2D eigenvalue weighted by Crippen LogP contribution is -2.24. The standard InChI is InChI=1S/C22H17BrN2O2/c1-11-7-8-16(12(2)9-11)25-17-10-15(23)20(24)19-18(17)21(26)13-5-3-4-6-14(13)22(19)27/h3-10,25H,24H2,1-2H3. The van der Waals surface area contributed by atoms with Gasteiger partial charge in [-0.25, -0.2) is 0 Å². The molecule has 27 heavy (non-hydrogen) atoms. The molecule has 1 aliphatic rings. The fraction of sp³-hybridized carbons (Fsp3) is 0.0909. The number of nitrogen functional groups attached to an aromatic ring is 1. The number of ketones is 2. The molecule has 0 atom stereocenters. The Morgan fingerprint density at radius 3 is 2.11 bits per heavy atom. The molecule has 3 aromatic carbocycles. The number of anilines is 3. The maximum absolute atomic E-state index is 13.2. The summed E-state index contributed by atoms with van der Waals surface area (Å²) in [6, 6.07) is 14.6. The zero-order chi connectivity index (χ0) is 19.3. The Bertz CT molecular complexity index is 1140. The van der Waals surface area contributed by atoms with Crippen molar-refractivity contribution in [1.82, 2.24) is 0 Å². The average molecular weight is 421 g/mol. The number of nitrogens with two attached hydrogens (primary N) is 1. The van der Waals surface area contributed by atoms with Crippen LogP contribution in [0.1, 0.15) is 43.0 Å². The third-order valence-corrected chi connectivity index (χ3v) is 5.49. The summed E-state index contributed by atoms with van der Waals surface area (Å²) < 4.78 is 0.578. The number of rotatable bonds is 2. The Hall–Kier alpha value is -2.92. The van der Waals surface area contributed by atoms with E-state index in [-0.39, 0.29) is 22.8 Å². The van der Waals surface area contributed by atoms with Gasteiger partial charge < -0.3 is 11.1 Å². The van der Waals surface area contributed by atoms with Crippen molar-refractivity contribution in [3.8, 4) is 0 Å². The molecular weight excluding hydrogens is 404 g/mol. The van der Waals surface area contributed by atoms with Gasteiger partial charge in [0, 0.05) is 21.3 Å². The first-order chi connectivity index (χ1) is 12.9. The number of aryl methyl sites for hydroxylation is 2. The van der Waals surface area contributed by atoms with Crippen LogP contribution in [0.4, 0.5) is 17.1 Å². The van der Waals surface area contributed by atoms with Crippen molar-refractivity contribution in [2.24, 2.45) is 0 Å². The van der Waals surface area contributed by atoms with Crippen LogP contribution in [0.15, 0.2) is 53.0 Å². The summed E-state index contributed by atoms with van der Waals surface area (Å²) in [4.78, 5) is 26.3. The minimum atomic E-state index is -0.234. The number of fused-ring (bicyclic) bond motifs is 2. The fourth-order valence-electron chi connectivity index (χ4n) is 3.48. The van der Waals surface area contributed by atoms with Crippen molar-refractivity contribution in [3.63, 3.8) is 0 Å². The van der Waals surface area contributed by atoms with Gasteiger partial charge in [0.15, 0.2) is 11.6 Å². The number of carbonyl (C=O) groups is 2. The monoisotopic (exact) mass is 420 g/mol. The Balaban J connectivity index is 1.94. The lowest BCUT2D eigenvalue weighted by atomic mass is 9.82. The molecule has 5 heteroatoms. The molecule has 0 aliphatic heterocycles. The first-order valence-electron chi connectivity index (χ1n) is 8.53. The largest absolute Gasteiger partial charge is 0.397 e. The highest BCUT2D eigenvalue weighted by atomic mass is 79.9. The van der Waals surface area contributed by atoms with E-state index < -0.39 is 0 Å². The van der Waals surface area contributed by atoms with E-state index in [0.29, 0.717) is 26.9 Å². The van der Waals surface area contributed by atoms with Crippen molar-refractivity contribution in [2.45, 2.75) is 13.8 Å². The molecule has 0 saturated heterocycles. The Morgan fingerprint density at radius 1 is 0.852 bits per heavy atom. The number of nitrogens with one attached hydrogen (secondary N) is 1. The number of hydrogen-bond donors (Lipinski definition) is 2. The van der Waals surface area contributed by atoms with E-state index in [1.54, 1.807) is 30.3 Å². The van der Waals surface area contributed by atoms with Crippen LogP contribution < -0.4 is 11.1 Å². The predicted octanol–water partition coefficient (Wildman–Crippen LogP) is 5.17. The molecule has 3 N–H and O–H groups in total. The molecule has 0 spiro atoms. The summed E-state index contributed by atoms with van der Waals surface area (Å²) in [5, 5.41) is 3.32. The van der Waals surface area contributed by atoms with Crippen molar-refractivity contribution in [3.05, 3.63) is 86.4 Å². The van der Waals surface area contributed by atoms with Gasteiger partial charge in [-0.1, -0.05) is 42.0 Å². The van der Waals surface area contributed by atoms with Crippen molar-refractivity contribution >= 4 is 44.6 Å². The van der Waals surface area contributed by atoms with Gasteiger partial charge in [-0.2, -0.15) is 0 Å². The molecule has 134 valence electrons. The second-order valence-corrected chi connectivity index (χ2v) is 7.57. The first kappa shape index (κ1) is 17.5. The first-order valence-corrected chi connectivity index (χ1v) is 9.32. The van der Waals surface area contributed by atoms with Gasteiger partial charge >= 0.3 is 0 Å². The van der Waals surface area contributed by atoms with E-state index in [4.69, 9.17) is 5.73 Å². The van der Waals surface area contributed by atoms with E-state index in [2.05, 4.69) is 27.3 Å². The maximum atomic E-state index is 13.2. The van der Waals surface area contributed by atoms with Gasteiger partial charge in [-0.05, 0) is 47.5 Å². The molecule has 0 heterocycles. The van der Waals surface area contributed by atoms with Gasteiger partial charge in [-0.3, -0.25) is 9.59 Å². The molecule has 0 bridgehead atoms. The van der Waals surface area contributed by atoms with Crippen LogP contribution in [-0.4, -0.2) is 11.6 Å². The van der Waals surface area contributed by atoms with Crippen molar-refractivity contribution in [2.75, 3.05) is 11.1 Å². The molecule has 4 rings (SSSR count). The maximum Gasteiger partial charge on any atom is 0.196 e. The molecule has 4 nitrogen and oxygen atoms in total.